The number of aryl methyl sites for hydroxylation is 2. The van der Waals surface area contributed by atoms with E-state index in [0.29, 0.717) is 11.3 Å². The van der Waals surface area contributed by atoms with Crippen LogP contribution in [0.4, 0.5) is 17.1 Å². The lowest BCUT2D eigenvalue weighted by Gasteiger charge is -2.26. The molecule has 0 saturated carbocycles. The summed E-state index contributed by atoms with van der Waals surface area (Å²) in [5.74, 6) is -1.44. The van der Waals surface area contributed by atoms with E-state index in [-0.39, 0.29) is 11.3 Å². The summed E-state index contributed by atoms with van der Waals surface area (Å²) in [5, 5.41) is 11.5. The second-order valence-corrected chi connectivity index (χ2v) is 10.3. The van der Waals surface area contributed by atoms with Crippen molar-refractivity contribution in [2.75, 3.05) is 42.9 Å². The molecular weight excluding hydrogens is 462 g/mol. The van der Waals surface area contributed by atoms with Crippen LogP contribution >= 0.6 is 0 Å². The van der Waals surface area contributed by atoms with Crippen molar-refractivity contribution in [3.8, 4) is 0 Å². The third-order valence-corrected chi connectivity index (χ3v) is 7.44. The molecule has 0 bridgehead atoms. The Bertz CT molecular complexity index is 1370. The van der Waals surface area contributed by atoms with Gasteiger partial charge in [0.15, 0.2) is 0 Å². The molecule has 1 unspecified atom stereocenters. The van der Waals surface area contributed by atoms with E-state index in [2.05, 4.69) is 0 Å². The van der Waals surface area contributed by atoms with E-state index in [9.17, 15) is 14.7 Å². The maximum atomic E-state index is 13.5. The van der Waals surface area contributed by atoms with Crippen LogP contribution in [-0.2, 0) is 22.4 Å². The molecule has 3 aromatic rings. The monoisotopic (exact) mass is 495 g/mol. The van der Waals surface area contributed by atoms with E-state index in [1.54, 1.807) is 0 Å². The number of rotatable bonds is 5. The zero-order valence-electron chi connectivity index (χ0n) is 21.9. The first-order valence-corrected chi connectivity index (χ1v) is 12.7. The van der Waals surface area contributed by atoms with Crippen LogP contribution in [0.2, 0.25) is 0 Å². The topological polar surface area (TPSA) is 64.1 Å². The van der Waals surface area contributed by atoms with E-state index < -0.39 is 17.7 Å². The van der Waals surface area contributed by atoms with Crippen molar-refractivity contribution in [1.29, 1.82) is 0 Å². The lowest BCUT2D eigenvalue weighted by atomic mass is 9.88. The van der Waals surface area contributed by atoms with Crippen molar-refractivity contribution in [3.63, 3.8) is 0 Å². The molecule has 6 nitrogen and oxygen atoms in total. The van der Waals surface area contributed by atoms with Crippen LogP contribution in [-0.4, -0.2) is 45.0 Å². The normalized spacial score (nSPS) is 18.6. The van der Waals surface area contributed by atoms with Crippen molar-refractivity contribution >= 4 is 34.5 Å². The fourth-order valence-electron chi connectivity index (χ4n) is 5.32. The summed E-state index contributed by atoms with van der Waals surface area (Å²) in [6.45, 7) is 0. The Hall–Kier alpha value is -4.06. The van der Waals surface area contributed by atoms with Gasteiger partial charge in [0.05, 0.1) is 11.6 Å². The van der Waals surface area contributed by atoms with Crippen molar-refractivity contribution in [3.05, 3.63) is 94.6 Å². The molecule has 1 saturated heterocycles. The number of aliphatic hydroxyl groups is 1. The Morgan fingerprint density at radius 2 is 1.35 bits per heavy atom. The molecule has 0 spiro atoms. The van der Waals surface area contributed by atoms with E-state index in [1.807, 2.05) is 105 Å². The van der Waals surface area contributed by atoms with Gasteiger partial charge in [0.25, 0.3) is 11.7 Å². The first-order chi connectivity index (χ1) is 17.8. The number of carbonyl (C=O) groups is 2. The predicted octanol–water partition coefficient (Wildman–Crippen LogP) is 5.32. The molecule has 0 aromatic heterocycles. The van der Waals surface area contributed by atoms with Crippen LogP contribution in [0.5, 0.6) is 0 Å². The summed E-state index contributed by atoms with van der Waals surface area (Å²) in [7, 11) is 7.82. The summed E-state index contributed by atoms with van der Waals surface area (Å²) in [6.07, 6.45) is 4.27. The third kappa shape index (κ3) is 4.48. The average molecular weight is 496 g/mol. The zero-order chi connectivity index (χ0) is 26.3. The predicted molar refractivity (Wildman–Crippen MR) is 149 cm³/mol. The molecule has 0 radical (unpaired) electrons. The van der Waals surface area contributed by atoms with Crippen LogP contribution in [0.25, 0.3) is 5.76 Å². The highest BCUT2D eigenvalue weighted by Gasteiger charge is 2.47. The maximum Gasteiger partial charge on any atom is 0.300 e. The maximum absolute atomic E-state index is 13.5. The Morgan fingerprint density at radius 3 is 1.95 bits per heavy atom. The highest BCUT2D eigenvalue weighted by Crippen LogP contribution is 2.43. The number of aliphatic hydroxyl groups excluding tert-OH is 1. The molecule has 190 valence electrons. The summed E-state index contributed by atoms with van der Waals surface area (Å²) in [4.78, 5) is 32.5. The molecule has 1 fully saturated rings. The Morgan fingerprint density at radius 1 is 0.784 bits per heavy atom. The Balaban J connectivity index is 1.66. The third-order valence-electron chi connectivity index (χ3n) is 7.44. The van der Waals surface area contributed by atoms with Crippen molar-refractivity contribution < 1.29 is 14.7 Å². The van der Waals surface area contributed by atoms with Crippen LogP contribution in [0.1, 0.15) is 41.1 Å². The minimum atomic E-state index is -0.738. The van der Waals surface area contributed by atoms with Gasteiger partial charge in [-0.3, -0.25) is 14.5 Å². The van der Waals surface area contributed by atoms with E-state index in [1.165, 1.54) is 22.4 Å². The average Bonchev–Trinajstić information content (AvgIpc) is 3.18. The number of carbonyl (C=O) groups excluding carboxylic acids is 2. The summed E-state index contributed by atoms with van der Waals surface area (Å²) >= 11 is 0. The van der Waals surface area contributed by atoms with Gasteiger partial charge in [0.2, 0.25) is 0 Å². The first kappa shape index (κ1) is 24.6. The molecule has 1 amide bonds. The van der Waals surface area contributed by atoms with E-state index in [4.69, 9.17) is 0 Å². The van der Waals surface area contributed by atoms with Crippen molar-refractivity contribution in [2.24, 2.45) is 0 Å². The fourth-order valence-corrected chi connectivity index (χ4v) is 5.32. The number of anilines is 3. The smallest absolute Gasteiger partial charge is 0.300 e. The van der Waals surface area contributed by atoms with Crippen LogP contribution in [0.15, 0.2) is 72.3 Å². The largest absolute Gasteiger partial charge is 0.507 e. The van der Waals surface area contributed by atoms with E-state index >= 15 is 0 Å². The molecule has 1 aliphatic heterocycles. The molecule has 5 rings (SSSR count). The second-order valence-electron chi connectivity index (χ2n) is 10.3. The minimum absolute atomic E-state index is 0.120. The molecule has 2 aliphatic rings. The number of hydrogen-bond acceptors (Lipinski definition) is 5. The minimum Gasteiger partial charge on any atom is -0.507 e. The number of fused-ring (bicyclic) bond motifs is 1. The number of amides is 1. The van der Waals surface area contributed by atoms with Gasteiger partial charge < -0.3 is 14.9 Å². The SMILES string of the molecule is CN(C)c1ccc(C2/C(=C(/O)c3ccc4c(c3)CCCC4)C(=O)C(=O)N2c2ccc(N(C)C)cc2)cc1. The quantitative estimate of drug-likeness (QED) is 0.295. The number of Topliss-reactive ketones (excluding diaryl/α,β-unsaturated/α-hetero) is 1. The molecular formula is C31H33N3O3. The van der Waals surface area contributed by atoms with Gasteiger partial charge in [-0.25, -0.2) is 0 Å². The Kier molecular flexibility index (Phi) is 6.50. The van der Waals surface area contributed by atoms with Crippen LogP contribution in [0, 0.1) is 0 Å². The molecule has 1 atom stereocenters. The second kappa shape index (κ2) is 9.77. The molecule has 1 N–H and O–H groups in total. The molecule has 37 heavy (non-hydrogen) atoms. The van der Waals surface area contributed by atoms with Gasteiger partial charge in [0, 0.05) is 50.8 Å². The van der Waals surface area contributed by atoms with Crippen molar-refractivity contribution in [2.45, 2.75) is 31.7 Å². The summed E-state index contributed by atoms with van der Waals surface area (Å²) in [5.41, 5.74) is 6.56. The summed E-state index contributed by atoms with van der Waals surface area (Å²) in [6, 6.07) is 20.5. The molecule has 3 aromatic carbocycles. The summed E-state index contributed by atoms with van der Waals surface area (Å²) < 4.78 is 0. The lowest BCUT2D eigenvalue weighted by Crippen LogP contribution is -2.29. The molecule has 1 aliphatic carbocycles. The van der Waals surface area contributed by atoms with Crippen LogP contribution in [0.3, 0.4) is 0 Å². The van der Waals surface area contributed by atoms with Crippen molar-refractivity contribution in [1.82, 2.24) is 0 Å². The van der Waals surface area contributed by atoms with Gasteiger partial charge >= 0.3 is 0 Å². The van der Waals surface area contributed by atoms with E-state index in [0.717, 1.165) is 36.2 Å². The van der Waals surface area contributed by atoms with Crippen LogP contribution < -0.4 is 14.7 Å². The van der Waals surface area contributed by atoms with Gasteiger partial charge in [-0.15, -0.1) is 0 Å². The molecule has 1 heterocycles. The zero-order valence-corrected chi connectivity index (χ0v) is 21.9. The number of hydrogen-bond donors (Lipinski definition) is 1. The van der Waals surface area contributed by atoms with Gasteiger partial charge in [0.1, 0.15) is 5.76 Å². The Labute approximate surface area is 218 Å². The van der Waals surface area contributed by atoms with Gasteiger partial charge in [-0.1, -0.05) is 24.3 Å². The number of ketones is 1. The lowest BCUT2D eigenvalue weighted by molar-refractivity contribution is -0.132. The molecule has 6 heteroatoms. The first-order valence-electron chi connectivity index (χ1n) is 12.7. The highest BCUT2D eigenvalue weighted by molar-refractivity contribution is 6.51. The van der Waals surface area contributed by atoms with Gasteiger partial charge in [-0.2, -0.15) is 0 Å². The highest BCUT2D eigenvalue weighted by atomic mass is 16.3. The van der Waals surface area contributed by atoms with Gasteiger partial charge in [-0.05, 0) is 84.8 Å². The fraction of sp³-hybridized carbons (Fsp3) is 0.290. The number of nitrogens with zero attached hydrogens (tertiary/aromatic N) is 3. The number of benzene rings is 3. The standard InChI is InChI=1S/C31H33N3O3/c1-32(2)24-13-11-21(12-14-24)28-27(29(35)23-10-9-20-7-5-6-8-22(20)19-23)30(36)31(37)34(28)26-17-15-25(16-18-26)33(3)4/h9-19,28,35H,5-8H2,1-4H3/b29-27-.